The maximum atomic E-state index is 3.52. The van der Waals surface area contributed by atoms with Crippen molar-refractivity contribution < 1.29 is 0 Å². The Bertz CT molecular complexity index is 402. The van der Waals surface area contributed by atoms with Gasteiger partial charge in [-0.05, 0) is 64.4 Å². The molecule has 0 amide bonds. The van der Waals surface area contributed by atoms with Crippen LogP contribution in [0.4, 0.5) is 0 Å². The molecular formula is C18H32N2. The highest BCUT2D eigenvalue weighted by molar-refractivity contribution is 5.39. The van der Waals surface area contributed by atoms with E-state index in [1.807, 2.05) is 0 Å². The van der Waals surface area contributed by atoms with Crippen LogP contribution in [0.5, 0.6) is 0 Å². The lowest BCUT2D eigenvalue weighted by atomic mass is 9.93. The van der Waals surface area contributed by atoms with Crippen LogP contribution in [0.2, 0.25) is 0 Å². The predicted octanol–water partition coefficient (Wildman–Crippen LogP) is 3.99. The van der Waals surface area contributed by atoms with Gasteiger partial charge in [0.1, 0.15) is 0 Å². The summed E-state index contributed by atoms with van der Waals surface area (Å²) in [7, 11) is 2.08. The van der Waals surface area contributed by atoms with Gasteiger partial charge in [0.2, 0.25) is 0 Å². The average molecular weight is 276 g/mol. The number of hydrogen-bond acceptors (Lipinski definition) is 2. The minimum Gasteiger partial charge on any atom is -0.312 e. The summed E-state index contributed by atoms with van der Waals surface area (Å²) in [5.74, 6) is 0. The van der Waals surface area contributed by atoms with Gasteiger partial charge < -0.3 is 5.32 Å². The van der Waals surface area contributed by atoms with Crippen molar-refractivity contribution in [3.05, 3.63) is 34.4 Å². The molecule has 0 aliphatic carbocycles. The van der Waals surface area contributed by atoms with E-state index < -0.39 is 0 Å². The molecule has 0 aromatic heterocycles. The van der Waals surface area contributed by atoms with Crippen LogP contribution in [0.15, 0.2) is 12.1 Å². The second kappa shape index (κ2) is 7.80. The summed E-state index contributed by atoms with van der Waals surface area (Å²) in [5, 5.41) is 3.52. The molecule has 0 spiro atoms. The van der Waals surface area contributed by atoms with Gasteiger partial charge in [0.05, 0.1) is 0 Å². The van der Waals surface area contributed by atoms with Crippen LogP contribution < -0.4 is 5.32 Å². The Kier molecular flexibility index (Phi) is 6.70. The molecule has 2 atom stereocenters. The van der Waals surface area contributed by atoms with Crippen molar-refractivity contribution in [2.75, 3.05) is 20.1 Å². The van der Waals surface area contributed by atoms with Crippen LogP contribution in [0.1, 0.15) is 55.5 Å². The van der Waals surface area contributed by atoms with Crippen molar-refractivity contribution in [2.24, 2.45) is 0 Å². The lowest BCUT2D eigenvalue weighted by Gasteiger charge is -2.32. The fourth-order valence-electron chi connectivity index (χ4n) is 3.18. The van der Waals surface area contributed by atoms with E-state index in [0.717, 1.165) is 13.1 Å². The molecule has 1 rings (SSSR count). The van der Waals surface area contributed by atoms with Crippen LogP contribution in [0.25, 0.3) is 0 Å². The predicted molar refractivity (Wildman–Crippen MR) is 89.5 cm³/mol. The Morgan fingerprint density at radius 1 is 1.10 bits per heavy atom. The van der Waals surface area contributed by atoms with Gasteiger partial charge in [-0.1, -0.05) is 31.5 Å². The highest BCUT2D eigenvalue weighted by atomic mass is 15.2. The third kappa shape index (κ3) is 4.07. The lowest BCUT2D eigenvalue weighted by molar-refractivity contribution is 0.194. The third-order valence-corrected chi connectivity index (χ3v) is 4.47. The molecule has 0 heterocycles. The van der Waals surface area contributed by atoms with Crippen molar-refractivity contribution in [3.8, 4) is 0 Å². The maximum absolute atomic E-state index is 3.52. The molecule has 0 fully saturated rings. The van der Waals surface area contributed by atoms with E-state index >= 15 is 0 Å². The molecule has 2 nitrogen and oxygen atoms in total. The van der Waals surface area contributed by atoms with Crippen LogP contribution in [-0.2, 0) is 0 Å². The first-order valence-corrected chi connectivity index (χ1v) is 7.93. The van der Waals surface area contributed by atoms with E-state index in [4.69, 9.17) is 0 Å². The van der Waals surface area contributed by atoms with Crippen LogP contribution in [0.3, 0.4) is 0 Å². The van der Waals surface area contributed by atoms with Gasteiger partial charge in [-0.3, -0.25) is 4.90 Å². The SMILES string of the molecule is CCC(C)N(CC)CC(NC)c1c(C)cc(C)cc1C. The summed E-state index contributed by atoms with van der Waals surface area (Å²) >= 11 is 0. The largest absolute Gasteiger partial charge is 0.312 e. The smallest absolute Gasteiger partial charge is 0.0452 e. The minimum atomic E-state index is 0.407. The van der Waals surface area contributed by atoms with Gasteiger partial charge in [-0.2, -0.15) is 0 Å². The summed E-state index contributed by atoms with van der Waals surface area (Å²) in [5.41, 5.74) is 5.64. The van der Waals surface area contributed by atoms with Gasteiger partial charge >= 0.3 is 0 Å². The second-order valence-electron chi connectivity index (χ2n) is 6.00. The highest BCUT2D eigenvalue weighted by Gasteiger charge is 2.20. The quantitative estimate of drug-likeness (QED) is 0.810. The fourth-order valence-corrected chi connectivity index (χ4v) is 3.18. The highest BCUT2D eigenvalue weighted by Crippen LogP contribution is 2.25. The number of nitrogens with one attached hydrogen (secondary N) is 1. The van der Waals surface area contributed by atoms with Crippen molar-refractivity contribution in [1.29, 1.82) is 0 Å². The topological polar surface area (TPSA) is 15.3 Å². The molecule has 0 saturated carbocycles. The molecule has 2 unspecified atom stereocenters. The van der Waals surface area contributed by atoms with Crippen molar-refractivity contribution in [3.63, 3.8) is 0 Å². The molecule has 1 aromatic carbocycles. The number of benzene rings is 1. The van der Waals surface area contributed by atoms with Gasteiger partial charge in [0.25, 0.3) is 0 Å². The summed E-state index contributed by atoms with van der Waals surface area (Å²) in [6.45, 7) is 15.7. The van der Waals surface area contributed by atoms with Gasteiger partial charge in [-0.15, -0.1) is 0 Å². The molecule has 2 heteroatoms. The van der Waals surface area contributed by atoms with Crippen molar-refractivity contribution >= 4 is 0 Å². The van der Waals surface area contributed by atoms with E-state index in [9.17, 15) is 0 Å². The molecule has 1 N–H and O–H groups in total. The van der Waals surface area contributed by atoms with Crippen molar-refractivity contribution in [1.82, 2.24) is 10.2 Å². The first-order chi connectivity index (χ1) is 9.44. The number of nitrogens with zero attached hydrogens (tertiary/aromatic N) is 1. The van der Waals surface area contributed by atoms with Crippen LogP contribution in [0, 0.1) is 20.8 Å². The third-order valence-electron chi connectivity index (χ3n) is 4.47. The Morgan fingerprint density at radius 3 is 2.05 bits per heavy atom. The van der Waals surface area contributed by atoms with Gasteiger partial charge in [0.15, 0.2) is 0 Å². The zero-order valence-electron chi connectivity index (χ0n) is 14.4. The van der Waals surface area contributed by atoms with Gasteiger partial charge in [0, 0.05) is 18.6 Å². The Balaban J connectivity index is 3.02. The number of rotatable bonds is 7. The first-order valence-electron chi connectivity index (χ1n) is 7.93. The summed E-state index contributed by atoms with van der Waals surface area (Å²) in [4.78, 5) is 2.57. The Labute approximate surface area is 125 Å². The van der Waals surface area contributed by atoms with Crippen molar-refractivity contribution in [2.45, 2.75) is 60.0 Å². The zero-order chi connectivity index (χ0) is 15.3. The molecule has 0 bridgehead atoms. The number of hydrogen-bond donors (Lipinski definition) is 1. The molecule has 114 valence electrons. The zero-order valence-corrected chi connectivity index (χ0v) is 14.4. The number of likely N-dealkylation sites (N-methyl/N-ethyl adjacent to an activating group) is 2. The molecule has 1 aromatic rings. The standard InChI is InChI=1S/C18H32N2/c1-8-16(6)20(9-2)12-17(19-7)18-14(4)10-13(3)11-15(18)5/h10-11,16-17,19H,8-9,12H2,1-7H3. The van der Waals surface area contributed by atoms with Crippen LogP contribution >= 0.6 is 0 Å². The molecule has 20 heavy (non-hydrogen) atoms. The molecule has 0 saturated heterocycles. The Hall–Kier alpha value is -0.860. The average Bonchev–Trinajstić information content (AvgIpc) is 2.40. The Morgan fingerprint density at radius 2 is 1.65 bits per heavy atom. The van der Waals surface area contributed by atoms with E-state index in [2.05, 4.69) is 70.9 Å². The lowest BCUT2D eigenvalue weighted by Crippen LogP contribution is -2.39. The summed E-state index contributed by atoms with van der Waals surface area (Å²) < 4.78 is 0. The first kappa shape index (κ1) is 17.2. The maximum Gasteiger partial charge on any atom is 0.0452 e. The number of aryl methyl sites for hydroxylation is 3. The molecule has 0 aliphatic heterocycles. The monoisotopic (exact) mass is 276 g/mol. The molecule has 0 aliphatic rings. The van der Waals surface area contributed by atoms with E-state index in [1.54, 1.807) is 0 Å². The summed E-state index contributed by atoms with van der Waals surface area (Å²) in [6, 6.07) is 5.64. The molecular weight excluding hydrogens is 244 g/mol. The summed E-state index contributed by atoms with van der Waals surface area (Å²) in [6.07, 6.45) is 1.20. The molecule has 0 radical (unpaired) electrons. The van der Waals surface area contributed by atoms with E-state index in [-0.39, 0.29) is 0 Å². The van der Waals surface area contributed by atoms with Crippen LogP contribution in [-0.4, -0.2) is 31.1 Å². The minimum absolute atomic E-state index is 0.407. The fraction of sp³-hybridized carbons (Fsp3) is 0.667. The van der Waals surface area contributed by atoms with E-state index in [0.29, 0.717) is 12.1 Å². The second-order valence-corrected chi connectivity index (χ2v) is 6.00. The normalized spacial score (nSPS) is 14.6. The van der Waals surface area contributed by atoms with Gasteiger partial charge in [-0.25, -0.2) is 0 Å². The van der Waals surface area contributed by atoms with E-state index in [1.165, 1.54) is 28.7 Å².